The molecule has 1 aliphatic carbocycles. The van der Waals surface area contributed by atoms with Gasteiger partial charge >= 0.3 is 18.0 Å². The molecule has 0 spiro atoms. The highest BCUT2D eigenvalue weighted by Crippen LogP contribution is 2.47. The highest BCUT2D eigenvalue weighted by molar-refractivity contribution is 5.97. The molecule has 0 radical (unpaired) electrons. The lowest BCUT2D eigenvalue weighted by Crippen LogP contribution is -2.55. The molecule has 0 aromatic heterocycles. The summed E-state index contributed by atoms with van der Waals surface area (Å²) >= 11 is 0. The van der Waals surface area contributed by atoms with Crippen LogP contribution in [0.15, 0.2) is 11.8 Å². The number of carbonyl (C=O) groups excluding carboxylic acids is 2. The Hall–Kier alpha value is -1.81. The van der Waals surface area contributed by atoms with Gasteiger partial charge in [-0.2, -0.15) is 30.7 Å². The number of allylic oxidation sites excluding steroid dienone is 2. The molecule has 22 heavy (non-hydrogen) atoms. The van der Waals surface area contributed by atoms with Gasteiger partial charge in [0.1, 0.15) is 0 Å². The van der Waals surface area contributed by atoms with Crippen molar-refractivity contribution in [3.05, 3.63) is 11.8 Å². The van der Waals surface area contributed by atoms with E-state index in [2.05, 4.69) is 0 Å². The fourth-order valence-electron chi connectivity index (χ4n) is 1.26. The Morgan fingerprint density at radius 1 is 1.00 bits per heavy atom. The predicted molar refractivity (Wildman–Crippen MR) is 58.7 cm³/mol. The van der Waals surface area contributed by atoms with E-state index in [1.807, 2.05) is 10.9 Å². The van der Waals surface area contributed by atoms with E-state index in [9.17, 15) is 40.3 Å². The van der Waals surface area contributed by atoms with Gasteiger partial charge in [-0.15, -0.1) is 0 Å². The number of carbonyl (C=O) groups is 2. The number of alkyl halides is 7. The summed E-state index contributed by atoms with van der Waals surface area (Å²) in [7, 11) is 0. The lowest BCUT2D eigenvalue weighted by atomic mass is 10.1. The molecule has 1 amide bonds. The fraction of sp³-hybridized carbons (Fsp3) is 0.636. The van der Waals surface area contributed by atoms with E-state index in [1.54, 1.807) is 0 Å². The summed E-state index contributed by atoms with van der Waals surface area (Å²) in [5.41, 5.74) is 3.47. The zero-order chi connectivity index (χ0) is 17.3. The smallest absolute Gasteiger partial charge is 0.303 e. The SMILES string of the molecule is CC(=CC(=O)C(F)(F)C(F)(F)C(F)(F)F)NNC(=O)C1CC1. The molecular weight excluding hydrogens is 325 g/mol. The second-order valence-electron chi connectivity index (χ2n) is 4.73. The standard InChI is InChI=1S/C11H11F7N2O2/c1-5(19-20-8(22)6-2-3-6)4-7(21)9(12,13)10(14,15)11(16,17)18/h4,6,19H,2-3H2,1H3,(H,20,22). The van der Waals surface area contributed by atoms with Gasteiger partial charge < -0.3 is 5.43 Å². The van der Waals surface area contributed by atoms with Crippen LogP contribution >= 0.6 is 0 Å². The summed E-state index contributed by atoms with van der Waals surface area (Å²) in [6, 6.07) is 0. The van der Waals surface area contributed by atoms with Crippen molar-refractivity contribution in [1.82, 2.24) is 10.9 Å². The third kappa shape index (κ3) is 3.69. The number of amides is 1. The van der Waals surface area contributed by atoms with E-state index in [0.29, 0.717) is 12.8 Å². The summed E-state index contributed by atoms with van der Waals surface area (Å²) in [6.07, 6.45) is -5.48. The van der Waals surface area contributed by atoms with Crippen LogP contribution in [0.3, 0.4) is 0 Å². The molecule has 0 bridgehead atoms. The molecule has 0 aliphatic heterocycles. The van der Waals surface area contributed by atoms with Gasteiger partial charge in [-0.25, -0.2) is 0 Å². The van der Waals surface area contributed by atoms with Crippen molar-refractivity contribution >= 4 is 11.7 Å². The van der Waals surface area contributed by atoms with Crippen LogP contribution in [0.1, 0.15) is 19.8 Å². The van der Waals surface area contributed by atoms with Gasteiger partial charge in [0, 0.05) is 17.7 Å². The molecule has 0 atom stereocenters. The van der Waals surface area contributed by atoms with E-state index in [-0.39, 0.29) is 12.0 Å². The number of rotatable bonds is 6. The van der Waals surface area contributed by atoms with Crippen molar-refractivity contribution in [2.75, 3.05) is 0 Å². The molecule has 1 aliphatic rings. The Labute approximate surface area is 119 Å². The van der Waals surface area contributed by atoms with E-state index in [4.69, 9.17) is 0 Å². The van der Waals surface area contributed by atoms with Crippen LogP contribution in [0.2, 0.25) is 0 Å². The highest BCUT2D eigenvalue weighted by Gasteiger charge is 2.75. The molecule has 0 heterocycles. The first-order valence-electron chi connectivity index (χ1n) is 5.91. The van der Waals surface area contributed by atoms with Crippen LogP contribution in [0.4, 0.5) is 30.7 Å². The third-order valence-electron chi connectivity index (χ3n) is 2.74. The van der Waals surface area contributed by atoms with E-state index in [1.165, 1.54) is 0 Å². The molecule has 1 saturated carbocycles. The number of halogens is 7. The fourth-order valence-corrected chi connectivity index (χ4v) is 1.26. The lowest BCUT2D eigenvalue weighted by Gasteiger charge is -2.26. The van der Waals surface area contributed by atoms with Crippen LogP contribution in [0.5, 0.6) is 0 Å². The Morgan fingerprint density at radius 3 is 1.91 bits per heavy atom. The molecule has 11 heteroatoms. The predicted octanol–water partition coefficient (Wildman–Crippen LogP) is 2.32. The zero-order valence-corrected chi connectivity index (χ0v) is 11.0. The number of ketones is 1. The third-order valence-corrected chi connectivity index (χ3v) is 2.74. The average molecular weight is 336 g/mol. The number of hydrazine groups is 1. The van der Waals surface area contributed by atoms with Gasteiger partial charge in [0.05, 0.1) is 0 Å². The van der Waals surface area contributed by atoms with Crippen LogP contribution in [-0.2, 0) is 9.59 Å². The maximum Gasteiger partial charge on any atom is 0.460 e. The summed E-state index contributed by atoms with van der Waals surface area (Å²) in [6.45, 7) is 0.937. The van der Waals surface area contributed by atoms with Crippen LogP contribution in [0.25, 0.3) is 0 Å². The highest BCUT2D eigenvalue weighted by atomic mass is 19.4. The van der Waals surface area contributed by atoms with Gasteiger partial charge in [0.2, 0.25) is 11.7 Å². The van der Waals surface area contributed by atoms with Crippen molar-refractivity contribution < 1.29 is 40.3 Å². The van der Waals surface area contributed by atoms with Crippen molar-refractivity contribution in [2.24, 2.45) is 5.92 Å². The van der Waals surface area contributed by atoms with Gasteiger partial charge in [-0.3, -0.25) is 15.0 Å². The summed E-state index contributed by atoms with van der Waals surface area (Å²) in [5, 5.41) is 0. The van der Waals surface area contributed by atoms with Crippen molar-refractivity contribution in [2.45, 2.75) is 37.8 Å². The lowest BCUT2D eigenvalue weighted by molar-refractivity contribution is -0.342. The van der Waals surface area contributed by atoms with E-state index >= 15 is 0 Å². The van der Waals surface area contributed by atoms with Crippen LogP contribution < -0.4 is 10.9 Å². The van der Waals surface area contributed by atoms with Crippen LogP contribution in [-0.4, -0.2) is 29.7 Å². The quantitative estimate of drug-likeness (QED) is 0.445. The van der Waals surface area contributed by atoms with Crippen molar-refractivity contribution in [3.63, 3.8) is 0 Å². The average Bonchev–Trinajstić information content (AvgIpc) is 3.18. The van der Waals surface area contributed by atoms with Gasteiger partial charge in [-0.05, 0) is 19.8 Å². The Kier molecular flexibility index (Phi) is 4.78. The molecule has 2 N–H and O–H groups in total. The first kappa shape index (κ1) is 18.2. The second-order valence-corrected chi connectivity index (χ2v) is 4.73. The van der Waals surface area contributed by atoms with E-state index in [0.717, 1.165) is 6.92 Å². The molecular formula is C11H11F7N2O2. The maximum atomic E-state index is 13.0. The zero-order valence-electron chi connectivity index (χ0n) is 11.0. The first-order valence-corrected chi connectivity index (χ1v) is 5.91. The Balaban J connectivity index is 2.75. The van der Waals surface area contributed by atoms with Crippen LogP contribution in [0, 0.1) is 5.92 Å². The molecule has 0 aromatic rings. The second kappa shape index (κ2) is 5.76. The minimum Gasteiger partial charge on any atom is -0.303 e. The molecule has 4 nitrogen and oxygen atoms in total. The topological polar surface area (TPSA) is 58.2 Å². The first-order chi connectivity index (χ1) is 9.80. The minimum absolute atomic E-state index is 0.132. The monoisotopic (exact) mass is 336 g/mol. The number of hydrogen-bond donors (Lipinski definition) is 2. The molecule has 0 aromatic carbocycles. The molecule has 1 fully saturated rings. The van der Waals surface area contributed by atoms with E-state index < -0.39 is 35.4 Å². The largest absolute Gasteiger partial charge is 0.460 e. The summed E-state index contributed by atoms with van der Waals surface area (Å²) in [5.74, 6) is -16.0. The van der Waals surface area contributed by atoms with Crippen molar-refractivity contribution in [3.8, 4) is 0 Å². The molecule has 0 saturated heterocycles. The van der Waals surface area contributed by atoms with Crippen molar-refractivity contribution in [1.29, 1.82) is 0 Å². The Bertz CT molecular complexity index is 495. The summed E-state index contributed by atoms with van der Waals surface area (Å²) in [4.78, 5) is 22.2. The molecule has 1 rings (SSSR count). The Morgan fingerprint density at radius 2 is 1.50 bits per heavy atom. The number of nitrogens with one attached hydrogen (secondary N) is 2. The summed E-state index contributed by atoms with van der Waals surface area (Å²) < 4.78 is 87.0. The minimum atomic E-state index is -6.58. The molecule has 126 valence electrons. The normalized spacial score (nSPS) is 17.2. The van der Waals surface area contributed by atoms with Gasteiger partial charge in [0.15, 0.2) is 0 Å². The maximum absolute atomic E-state index is 13.0. The van der Waals surface area contributed by atoms with Gasteiger partial charge in [0.25, 0.3) is 0 Å². The number of hydrogen-bond acceptors (Lipinski definition) is 3. The molecule has 0 unspecified atom stereocenters. The van der Waals surface area contributed by atoms with Gasteiger partial charge in [-0.1, -0.05) is 0 Å².